The van der Waals surface area contributed by atoms with E-state index in [4.69, 9.17) is 4.74 Å². The Bertz CT molecular complexity index is 369. The third kappa shape index (κ3) is 3.08. The summed E-state index contributed by atoms with van der Waals surface area (Å²) < 4.78 is 5.79. The van der Waals surface area contributed by atoms with Crippen LogP contribution in [-0.2, 0) is 4.74 Å². The molecule has 2 rings (SSSR count). The van der Waals surface area contributed by atoms with Gasteiger partial charge in [-0.1, -0.05) is 24.3 Å². The van der Waals surface area contributed by atoms with Crippen LogP contribution in [-0.4, -0.2) is 18.8 Å². The van der Waals surface area contributed by atoms with Crippen molar-refractivity contribution in [1.29, 1.82) is 0 Å². The molecule has 1 fully saturated rings. The third-order valence-corrected chi connectivity index (χ3v) is 3.74. The quantitative estimate of drug-likeness (QED) is 0.862. The van der Waals surface area contributed by atoms with Gasteiger partial charge in [0.25, 0.3) is 0 Å². The maximum atomic E-state index is 5.79. The lowest BCUT2D eigenvalue weighted by Crippen LogP contribution is -2.38. The molecule has 1 saturated heterocycles. The average molecular weight is 233 g/mol. The van der Waals surface area contributed by atoms with Gasteiger partial charge in [-0.15, -0.1) is 0 Å². The van der Waals surface area contributed by atoms with E-state index in [1.165, 1.54) is 24.0 Å². The van der Waals surface area contributed by atoms with Crippen molar-refractivity contribution in [2.45, 2.75) is 45.3 Å². The molecule has 0 aliphatic carbocycles. The molecular formula is C15H23NO. The number of benzene rings is 1. The molecule has 0 bridgehead atoms. The average Bonchev–Trinajstić information content (AvgIpc) is 2.74. The molecular weight excluding hydrogens is 210 g/mol. The van der Waals surface area contributed by atoms with Crippen LogP contribution in [0.3, 0.4) is 0 Å². The minimum absolute atomic E-state index is 0.0386. The summed E-state index contributed by atoms with van der Waals surface area (Å²) in [7, 11) is 0. The number of ether oxygens (including phenoxy) is 1. The van der Waals surface area contributed by atoms with Gasteiger partial charge in [0, 0.05) is 19.2 Å². The Morgan fingerprint density at radius 3 is 2.82 bits per heavy atom. The molecule has 0 amide bonds. The standard InChI is InChI=1S/C15H23NO/c1-12-7-4-5-8-14(12)13(2)16-11-15(3)9-6-10-17-15/h4-5,7-8,13,16H,6,9-11H2,1-3H3. The molecule has 2 nitrogen and oxygen atoms in total. The summed E-state index contributed by atoms with van der Waals surface area (Å²) in [5.74, 6) is 0. The fraction of sp³-hybridized carbons (Fsp3) is 0.600. The minimum Gasteiger partial charge on any atom is -0.374 e. The van der Waals surface area contributed by atoms with Gasteiger partial charge in [-0.25, -0.2) is 0 Å². The second kappa shape index (κ2) is 5.19. The van der Waals surface area contributed by atoms with E-state index in [1.807, 2.05) is 0 Å². The van der Waals surface area contributed by atoms with E-state index in [1.54, 1.807) is 0 Å². The van der Waals surface area contributed by atoms with Crippen LogP contribution in [0.1, 0.15) is 43.9 Å². The van der Waals surface area contributed by atoms with Gasteiger partial charge in [-0.3, -0.25) is 0 Å². The zero-order valence-electron chi connectivity index (χ0n) is 11.1. The Hall–Kier alpha value is -0.860. The molecule has 1 aromatic carbocycles. The summed E-state index contributed by atoms with van der Waals surface area (Å²) in [5.41, 5.74) is 2.77. The molecule has 1 aliphatic heterocycles. The molecule has 1 aromatic rings. The van der Waals surface area contributed by atoms with Crippen molar-refractivity contribution in [3.8, 4) is 0 Å². The molecule has 0 spiro atoms. The Labute approximate surface area is 104 Å². The molecule has 2 heteroatoms. The maximum absolute atomic E-state index is 5.79. The van der Waals surface area contributed by atoms with Crippen LogP contribution in [0.25, 0.3) is 0 Å². The van der Waals surface area contributed by atoms with E-state index in [-0.39, 0.29) is 5.60 Å². The molecule has 0 aromatic heterocycles. The predicted molar refractivity (Wildman–Crippen MR) is 71.2 cm³/mol. The van der Waals surface area contributed by atoms with Crippen LogP contribution in [0.4, 0.5) is 0 Å². The Morgan fingerprint density at radius 2 is 2.18 bits per heavy atom. The van der Waals surface area contributed by atoms with E-state index < -0.39 is 0 Å². The molecule has 94 valence electrons. The first-order valence-electron chi connectivity index (χ1n) is 6.54. The van der Waals surface area contributed by atoms with Crippen molar-refractivity contribution in [3.05, 3.63) is 35.4 Å². The van der Waals surface area contributed by atoms with E-state index in [2.05, 4.69) is 50.4 Å². The van der Waals surface area contributed by atoms with E-state index in [9.17, 15) is 0 Å². The largest absolute Gasteiger partial charge is 0.374 e. The predicted octanol–water partition coefficient (Wildman–Crippen LogP) is 3.21. The van der Waals surface area contributed by atoms with Gasteiger partial charge >= 0.3 is 0 Å². The van der Waals surface area contributed by atoms with E-state index in [0.717, 1.165) is 13.2 Å². The fourth-order valence-corrected chi connectivity index (χ4v) is 2.53. The smallest absolute Gasteiger partial charge is 0.0779 e. The van der Waals surface area contributed by atoms with Crippen molar-refractivity contribution in [3.63, 3.8) is 0 Å². The lowest BCUT2D eigenvalue weighted by atomic mass is 9.99. The lowest BCUT2D eigenvalue weighted by Gasteiger charge is -2.26. The SMILES string of the molecule is Cc1ccccc1C(C)NCC1(C)CCCO1. The second-order valence-electron chi connectivity index (χ2n) is 5.36. The van der Waals surface area contributed by atoms with Gasteiger partial charge in [-0.2, -0.15) is 0 Å². The monoisotopic (exact) mass is 233 g/mol. The molecule has 0 saturated carbocycles. The lowest BCUT2D eigenvalue weighted by molar-refractivity contribution is 0.0191. The van der Waals surface area contributed by atoms with Crippen LogP contribution in [0.15, 0.2) is 24.3 Å². The van der Waals surface area contributed by atoms with Crippen LogP contribution in [0.5, 0.6) is 0 Å². The van der Waals surface area contributed by atoms with Crippen LogP contribution in [0, 0.1) is 6.92 Å². The molecule has 2 unspecified atom stereocenters. The van der Waals surface area contributed by atoms with Crippen molar-refractivity contribution in [2.75, 3.05) is 13.2 Å². The molecule has 17 heavy (non-hydrogen) atoms. The summed E-state index contributed by atoms with van der Waals surface area (Å²) in [5, 5.41) is 3.60. The van der Waals surface area contributed by atoms with Gasteiger partial charge in [0.05, 0.1) is 5.60 Å². The van der Waals surface area contributed by atoms with Gasteiger partial charge in [0.1, 0.15) is 0 Å². The number of hydrogen-bond donors (Lipinski definition) is 1. The number of aryl methyl sites for hydroxylation is 1. The van der Waals surface area contributed by atoms with Gasteiger partial charge in [0.15, 0.2) is 0 Å². The summed E-state index contributed by atoms with van der Waals surface area (Å²) in [6.07, 6.45) is 2.36. The van der Waals surface area contributed by atoms with Crippen molar-refractivity contribution >= 4 is 0 Å². The van der Waals surface area contributed by atoms with Crippen molar-refractivity contribution < 1.29 is 4.74 Å². The highest BCUT2D eigenvalue weighted by Gasteiger charge is 2.29. The summed E-state index contributed by atoms with van der Waals surface area (Å²) in [6, 6.07) is 8.95. The fourth-order valence-electron chi connectivity index (χ4n) is 2.53. The zero-order valence-corrected chi connectivity index (χ0v) is 11.1. The summed E-state index contributed by atoms with van der Waals surface area (Å²) >= 11 is 0. The minimum atomic E-state index is 0.0386. The Morgan fingerprint density at radius 1 is 1.41 bits per heavy atom. The molecule has 2 atom stereocenters. The first kappa shape index (κ1) is 12.6. The van der Waals surface area contributed by atoms with Gasteiger partial charge < -0.3 is 10.1 Å². The molecule has 0 radical (unpaired) electrons. The summed E-state index contributed by atoms with van der Waals surface area (Å²) in [6.45, 7) is 8.44. The Balaban J connectivity index is 1.93. The number of rotatable bonds is 4. The number of hydrogen-bond acceptors (Lipinski definition) is 2. The third-order valence-electron chi connectivity index (χ3n) is 3.74. The van der Waals surface area contributed by atoms with Crippen LogP contribution >= 0.6 is 0 Å². The number of nitrogens with one attached hydrogen (secondary N) is 1. The van der Waals surface area contributed by atoms with E-state index >= 15 is 0 Å². The van der Waals surface area contributed by atoms with Crippen LogP contribution < -0.4 is 5.32 Å². The first-order valence-corrected chi connectivity index (χ1v) is 6.54. The topological polar surface area (TPSA) is 21.3 Å². The summed E-state index contributed by atoms with van der Waals surface area (Å²) in [4.78, 5) is 0. The van der Waals surface area contributed by atoms with Gasteiger partial charge in [0.2, 0.25) is 0 Å². The van der Waals surface area contributed by atoms with Crippen molar-refractivity contribution in [2.24, 2.45) is 0 Å². The van der Waals surface area contributed by atoms with Crippen LogP contribution in [0.2, 0.25) is 0 Å². The first-order chi connectivity index (χ1) is 8.11. The molecule has 1 N–H and O–H groups in total. The highest BCUT2D eigenvalue weighted by Crippen LogP contribution is 2.25. The van der Waals surface area contributed by atoms with Gasteiger partial charge in [-0.05, 0) is 44.7 Å². The molecule has 1 aliphatic rings. The second-order valence-corrected chi connectivity index (χ2v) is 5.36. The maximum Gasteiger partial charge on any atom is 0.0779 e. The van der Waals surface area contributed by atoms with Crippen molar-refractivity contribution in [1.82, 2.24) is 5.32 Å². The zero-order chi connectivity index (χ0) is 12.3. The normalized spacial score (nSPS) is 26.1. The van der Waals surface area contributed by atoms with E-state index in [0.29, 0.717) is 6.04 Å². The Kier molecular flexibility index (Phi) is 3.85. The highest BCUT2D eigenvalue weighted by atomic mass is 16.5. The molecule has 1 heterocycles. The highest BCUT2D eigenvalue weighted by molar-refractivity contribution is 5.28.